The van der Waals surface area contributed by atoms with Crippen LogP contribution in [0, 0.1) is 5.82 Å². The number of methoxy groups -OCH3 is 3. The normalized spacial score (nSPS) is 10.6. The van der Waals surface area contributed by atoms with Crippen molar-refractivity contribution < 1.29 is 32.9 Å². The quantitative estimate of drug-likeness (QED) is 0.239. The van der Waals surface area contributed by atoms with Crippen molar-refractivity contribution in [3.63, 3.8) is 0 Å². The van der Waals surface area contributed by atoms with Gasteiger partial charge in [0.05, 0.1) is 38.1 Å². The van der Waals surface area contributed by atoms with E-state index in [0.717, 1.165) is 0 Å². The number of fused-ring (bicyclic) bond motifs is 1. The maximum absolute atomic E-state index is 13.7. The van der Waals surface area contributed by atoms with Gasteiger partial charge in [-0.1, -0.05) is 30.3 Å². The average Bonchev–Trinajstić information content (AvgIpc) is 2.90. The molecule has 0 atom stereocenters. The second kappa shape index (κ2) is 10.7. The average molecular weight is 477 g/mol. The molecule has 1 aromatic heterocycles. The third-order valence-corrected chi connectivity index (χ3v) is 5.31. The number of pyridine rings is 1. The van der Waals surface area contributed by atoms with E-state index < -0.39 is 11.8 Å². The summed E-state index contributed by atoms with van der Waals surface area (Å²) in [5.41, 5.74) is 2.15. The number of carbonyl (C=O) groups excluding carboxylic acids is 1. The second-order valence-corrected chi connectivity index (χ2v) is 7.40. The minimum Gasteiger partial charge on any atom is -0.493 e. The van der Waals surface area contributed by atoms with Crippen molar-refractivity contribution in [2.24, 2.45) is 0 Å². The van der Waals surface area contributed by atoms with Crippen LogP contribution >= 0.6 is 0 Å². The molecule has 4 aromatic rings. The van der Waals surface area contributed by atoms with E-state index in [1.54, 1.807) is 36.4 Å². The first-order valence-electron chi connectivity index (χ1n) is 10.8. The Hall–Kier alpha value is -4.33. The van der Waals surface area contributed by atoms with Crippen molar-refractivity contribution in [2.75, 3.05) is 34.5 Å². The summed E-state index contributed by atoms with van der Waals surface area (Å²) in [6.07, 6.45) is 0. The summed E-state index contributed by atoms with van der Waals surface area (Å²) in [5, 5.41) is 0.642. The molecule has 0 aliphatic rings. The van der Waals surface area contributed by atoms with Gasteiger partial charge in [0.2, 0.25) is 5.75 Å². The minimum absolute atomic E-state index is 0.00935. The summed E-state index contributed by atoms with van der Waals surface area (Å²) in [4.78, 5) is 17.7. The van der Waals surface area contributed by atoms with E-state index in [1.165, 1.54) is 33.5 Å². The number of para-hydroxylation sites is 2. The number of hydrogen-bond acceptors (Lipinski definition) is 7. The van der Waals surface area contributed by atoms with Gasteiger partial charge in [-0.05, 0) is 36.4 Å². The molecule has 0 amide bonds. The molecule has 0 aliphatic heterocycles. The largest absolute Gasteiger partial charge is 0.493 e. The van der Waals surface area contributed by atoms with Gasteiger partial charge < -0.3 is 23.7 Å². The molecule has 0 spiro atoms. The first-order valence-corrected chi connectivity index (χ1v) is 10.8. The highest BCUT2D eigenvalue weighted by molar-refractivity contribution is 6.04. The van der Waals surface area contributed by atoms with Gasteiger partial charge in [-0.25, -0.2) is 14.2 Å². The molecule has 4 rings (SSSR count). The fourth-order valence-electron chi connectivity index (χ4n) is 3.65. The van der Waals surface area contributed by atoms with Crippen LogP contribution in [0.4, 0.5) is 4.39 Å². The van der Waals surface area contributed by atoms with Gasteiger partial charge in [0, 0.05) is 10.9 Å². The fraction of sp³-hybridized carbons (Fsp3) is 0.185. The van der Waals surface area contributed by atoms with Crippen LogP contribution in [0.5, 0.6) is 23.0 Å². The topological polar surface area (TPSA) is 76.1 Å². The smallest absolute Gasteiger partial charge is 0.339 e. The molecule has 8 heteroatoms. The van der Waals surface area contributed by atoms with E-state index >= 15 is 0 Å². The monoisotopic (exact) mass is 477 g/mol. The van der Waals surface area contributed by atoms with Gasteiger partial charge in [-0.15, -0.1) is 0 Å². The highest BCUT2D eigenvalue weighted by Crippen LogP contribution is 2.41. The predicted octanol–water partition coefficient (Wildman–Crippen LogP) is 5.30. The number of benzene rings is 3. The van der Waals surface area contributed by atoms with Gasteiger partial charge in [-0.3, -0.25) is 0 Å². The van der Waals surface area contributed by atoms with Gasteiger partial charge in [0.25, 0.3) is 0 Å². The third kappa shape index (κ3) is 5.11. The number of hydrogen-bond donors (Lipinski definition) is 0. The first-order chi connectivity index (χ1) is 17.0. The molecule has 3 aromatic carbocycles. The van der Waals surface area contributed by atoms with Crippen molar-refractivity contribution in [1.29, 1.82) is 0 Å². The fourth-order valence-corrected chi connectivity index (χ4v) is 3.65. The van der Waals surface area contributed by atoms with E-state index in [1.807, 2.05) is 18.2 Å². The predicted molar refractivity (Wildman–Crippen MR) is 129 cm³/mol. The molecule has 1 heterocycles. The number of ether oxygens (including phenoxy) is 5. The summed E-state index contributed by atoms with van der Waals surface area (Å²) in [6.45, 7) is -0.0429. The van der Waals surface area contributed by atoms with E-state index in [9.17, 15) is 9.18 Å². The molecule has 35 heavy (non-hydrogen) atoms. The minimum atomic E-state index is -0.547. The van der Waals surface area contributed by atoms with E-state index in [2.05, 4.69) is 0 Å². The molecule has 0 fully saturated rings. The molecule has 180 valence electrons. The zero-order valence-corrected chi connectivity index (χ0v) is 19.5. The van der Waals surface area contributed by atoms with E-state index in [-0.39, 0.29) is 19.0 Å². The maximum Gasteiger partial charge on any atom is 0.339 e. The van der Waals surface area contributed by atoms with Crippen LogP contribution in [-0.2, 0) is 4.74 Å². The Kier molecular flexibility index (Phi) is 7.30. The van der Waals surface area contributed by atoms with Crippen molar-refractivity contribution >= 4 is 16.9 Å². The summed E-state index contributed by atoms with van der Waals surface area (Å²) in [7, 11) is 4.58. The van der Waals surface area contributed by atoms with Crippen LogP contribution in [0.15, 0.2) is 66.7 Å². The van der Waals surface area contributed by atoms with Crippen LogP contribution in [0.1, 0.15) is 10.4 Å². The molecular formula is C27H24FNO6. The molecule has 0 aliphatic carbocycles. The lowest BCUT2D eigenvalue weighted by Crippen LogP contribution is -2.13. The van der Waals surface area contributed by atoms with Crippen LogP contribution in [0.3, 0.4) is 0 Å². The van der Waals surface area contributed by atoms with Crippen molar-refractivity contribution in [3.05, 3.63) is 78.1 Å². The van der Waals surface area contributed by atoms with E-state index in [4.69, 9.17) is 28.7 Å². The maximum atomic E-state index is 13.7. The number of halogens is 1. The Morgan fingerprint density at radius 2 is 1.51 bits per heavy atom. The number of carbonyl (C=O) groups is 1. The van der Waals surface area contributed by atoms with Gasteiger partial charge in [0.1, 0.15) is 13.2 Å². The Morgan fingerprint density at radius 3 is 2.20 bits per heavy atom. The third-order valence-electron chi connectivity index (χ3n) is 5.31. The molecule has 0 bridgehead atoms. The van der Waals surface area contributed by atoms with Crippen molar-refractivity contribution in [3.8, 4) is 34.3 Å². The van der Waals surface area contributed by atoms with Crippen LogP contribution in [0.25, 0.3) is 22.2 Å². The Bertz CT molecular complexity index is 1330. The number of esters is 1. The molecule has 0 N–H and O–H groups in total. The van der Waals surface area contributed by atoms with Crippen LogP contribution < -0.4 is 18.9 Å². The standard InChI is InChI=1S/C27H24FNO6/c1-31-24-14-17(15-25(32-2)26(24)33-3)22-16-19(18-8-4-6-10-21(18)29-22)27(30)35-13-12-34-23-11-7-5-9-20(23)28/h4-11,14-16H,12-13H2,1-3H3. The lowest BCUT2D eigenvalue weighted by molar-refractivity contribution is 0.0450. The Labute approximate surface area is 202 Å². The summed E-state index contributed by atoms with van der Waals surface area (Å²) in [6, 6.07) is 18.5. The number of nitrogens with zero attached hydrogens (tertiary/aromatic N) is 1. The molecule has 0 unspecified atom stereocenters. The van der Waals surface area contributed by atoms with Crippen LogP contribution in [0.2, 0.25) is 0 Å². The number of aromatic nitrogens is 1. The summed E-state index contributed by atoms with van der Waals surface area (Å²) in [5.74, 6) is 0.456. The number of rotatable bonds is 9. The van der Waals surface area contributed by atoms with Crippen LogP contribution in [-0.4, -0.2) is 45.5 Å². The SMILES string of the molecule is COc1cc(-c2cc(C(=O)OCCOc3ccccc3F)c3ccccc3n2)cc(OC)c1OC. The highest BCUT2D eigenvalue weighted by atomic mass is 19.1. The van der Waals surface area contributed by atoms with Gasteiger partial charge >= 0.3 is 5.97 Å². The molecule has 0 radical (unpaired) electrons. The molecule has 7 nitrogen and oxygen atoms in total. The Balaban J connectivity index is 1.63. The summed E-state index contributed by atoms with van der Waals surface area (Å²) < 4.78 is 40.8. The molecule has 0 saturated heterocycles. The summed E-state index contributed by atoms with van der Waals surface area (Å²) >= 11 is 0. The molecule has 0 saturated carbocycles. The zero-order valence-electron chi connectivity index (χ0n) is 19.5. The second-order valence-electron chi connectivity index (χ2n) is 7.40. The zero-order chi connectivity index (χ0) is 24.8. The van der Waals surface area contributed by atoms with Crippen molar-refractivity contribution in [2.45, 2.75) is 0 Å². The molecular weight excluding hydrogens is 453 g/mol. The van der Waals surface area contributed by atoms with Gasteiger partial charge in [0.15, 0.2) is 23.1 Å². The highest BCUT2D eigenvalue weighted by Gasteiger charge is 2.19. The van der Waals surface area contributed by atoms with Crippen molar-refractivity contribution in [1.82, 2.24) is 4.98 Å². The Morgan fingerprint density at radius 1 is 0.829 bits per heavy atom. The van der Waals surface area contributed by atoms with E-state index in [0.29, 0.717) is 45.0 Å². The van der Waals surface area contributed by atoms with Gasteiger partial charge in [-0.2, -0.15) is 0 Å². The lowest BCUT2D eigenvalue weighted by Gasteiger charge is -2.15. The first kappa shape index (κ1) is 23.8. The lowest BCUT2D eigenvalue weighted by atomic mass is 10.0.